The number of carbonyl (C=O) groups excluding carboxylic acids is 1. The van der Waals surface area contributed by atoms with E-state index < -0.39 is 47.2 Å². The van der Waals surface area contributed by atoms with E-state index in [9.17, 15) is 64.3 Å². The molecule has 1 heterocycles. The van der Waals surface area contributed by atoms with E-state index in [-0.39, 0.29) is 16.1 Å². The van der Waals surface area contributed by atoms with Gasteiger partial charge in [-0.05, 0) is 42.0 Å². The number of alkyl halides is 6. The molecule has 0 saturated carbocycles. The third-order valence-electron chi connectivity index (χ3n) is 5.46. The fraction of sp³-hybridized carbons (Fsp3) is 0.200. The maximum Gasteiger partial charge on any atom is 0.762 e. The number of hydrogen-bond acceptors (Lipinski definition) is 6. The number of benzene rings is 3. The summed E-state index contributed by atoms with van der Waals surface area (Å²) in [5.41, 5.74) is 0.840. The van der Waals surface area contributed by atoms with Crippen LogP contribution >= 0.6 is 0 Å². The Hall–Kier alpha value is -5.08. The molecule has 1 aromatic heterocycles. The Bertz CT molecular complexity index is 1540. The number of nitro groups is 2. The summed E-state index contributed by atoms with van der Waals surface area (Å²) in [4.78, 5) is 29.2. The highest BCUT2D eigenvalue weighted by Crippen LogP contribution is 2.33. The minimum absolute atomic E-state index is 0. The quantitative estimate of drug-likeness (QED) is 0.0881. The summed E-state index contributed by atoms with van der Waals surface area (Å²) in [5.74, 6) is -0.649. The Morgan fingerprint density at radius 1 is 0.848 bits per heavy atom. The number of aromatic nitrogens is 2. The topological polar surface area (TPSA) is 132 Å². The van der Waals surface area contributed by atoms with Crippen molar-refractivity contribution >= 4 is 36.2 Å². The Kier molecular flexibility index (Phi) is 15.5. The van der Waals surface area contributed by atoms with Crippen LogP contribution in [0, 0.1) is 20.2 Å². The van der Waals surface area contributed by atoms with Crippen LogP contribution in [0.4, 0.5) is 50.7 Å². The van der Waals surface area contributed by atoms with Crippen molar-refractivity contribution in [2.24, 2.45) is 14.1 Å². The molecule has 3 aromatic carbocycles. The summed E-state index contributed by atoms with van der Waals surface area (Å²) >= 11 is 0. The van der Waals surface area contributed by atoms with Gasteiger partial charge < -0.3 is 9.81 Å². The Morgan fingerprint density at radius 3 is 1.61 bits per heavy atom. The van der Waals surface area contributed by atoms with E-state index in [4.69, 9.17) is 5.11 Å². The average molecular weight is 674 g/mol. The number of nitro benzene ring substituents is 2. The molecule has 0 fully saturated rings. The van der Waals surface area contributed by atoms with Gasteiger partial charge >= 0.3 is 25.7 Å². The number of rotatable bonds is 4. The van der Waals surface area contributed by atoms with Gasteiger partial charge in [0.25, 0.3) is 11.4 Å². The summed E-state index contributed by atoms with van der Waals surface area (Å²) in [6, 6.07) is 15.8. The van der Waals surface area contributed by atoms with Gasteiger partial charge in [-0.2, -0.15) is 26.3 Å². The van der Waals surface area contributed by atoms with Crippen LogP contribution in [0.5, 0.6) is 0 Å². The van der Waals surface area contributed by atoms with Crippen LogP contribution in [0.3, 0.4) is 0 Å². The first-order chi connectivity index (χ1) is 20.7. The molecule has 21 heteroatoms. The van der Waals surface area contributed by atoms with Crippen LogP contribution in [-0.4, -0.2) is 39.5 Å². The Labute approximate surface area is 252 Å². The summed E-state index contributed by atoms with van der Waals surface area (Å²) < 4.78 is 105. The van der Waals surface area contributed by atoms with Crippen LogP contribution in [0.25, 0.3) is 11.0 Å². The van der Waals surface area contributed by atoms with Crippen LogP contribution in [-0.2, 0) is 20.3 Å². The SMILES string of the molecule is Cn1c(C(F)(F)F)[n+](C)c2ccccc21.FB(F)F.O=Cc1ccc([N+](=O)[O-])cc1.O=[N+]([O-])c1ccc(C(O)C(F)(F)F)cc1.[F-]. The molecule has 0 radical (unpaired) electrons. The number of nitrogens with zero attached hydrogens (tertiary/aromatic N) is 4. The second-order valence-corrected chi connectivity index (χ2v) is 8.43. The van der Waals surface area contributed by atoms with E-state index in [1.54, 1.807) is 24.3 Å². The minimum Gasteiger partial charge on any atom is -1.00 e. The number of imidazole rings is 1. The van der Waals surface area contributed by atoms with Gasteiger partial charge in [0.15, 0.2) is 17.1 Å². The summed E-state index contributed by atoms with van der Waals surface area (Å²) in [5, 5.41) is 29.1. The molecule has 1 N–H and O–H groups in total. The first kappa shape index (κ1) is 40.9. The van der Waals surface area contributed by atoms with Crippen molar-refractivity contribution in [2.75, 3.05) is 0 Å². The zero-order valence-electron chi connectivity index (χ0n) is 23.2. The van der Waals surface area contributed by atoms with Gasteiger partial charge in [-0.25, -0.2) is 9.13 Å². The lowest BCUT2D eigenvalue weighted by Crippen LogP contribution is -3.00. The lowest BCUT2D eigenvalue weighted by Gasteiger charge is -2.14. The Balaban J connectivity index is 0.000000624. The molecule has 4 rings (SSSR count). The number of aryl methyl sites for hydroxylation is 2. The molecular weight excluding hydrogens is 653 g/mol. The second-order valence-electron chi connectivity index (χ2n) is 8.43. The van der Waals surface area contributed by atoms with Crippen molar-refractivity contribution in [3.8, 4) is 0 Å². The van der Waals surface area contributed by atoms with Gasteiger partial charge in [0.05, 0.1) is 23.9 Å². The maximum absolute atomic E-state index is 12.7. The molecule has 10 nitrogen and oxygen atoms in total. The highest BCUT2D eigenvalue weighted by Gasteiger charge is 2.45. The lowest BCUT2D eigenvalue weighted by atomic mass is 10.1. The molecule has 1 atom stereocenters. The summed E-state index contributed by atoms with van der Waals surface area (Å²) in [6.45, 7) is 0. The largest absolute Gasteiger partial charge is 1.00 e. The van der Waals surface area contributed by atoms with E-state index in [1.165, 1.54) is 38.4 Å². The van der Waals surface area contributed by atoms with Crippen molar-refractivity contribution < 1.29 is 68.3 Å². The number of fused-ring (bicyclic) bond motifs is 1. The average Bonchev–Trinajstić information content (AvgIpc) is 3.22. The van der Waals surface area contributed by atoms with Crippen LogP contribution < -0.4 is 9.27 Å². The third-order valence-corrected chi connectivity index (χ3v) is 5.46. The van der Waals surface area contributed by atoms with Gasteiger partial charge in [0.1, 0.15) is 6.29 Å². The molecule has 250 valence electrons. The molecule has 0 aliphatic heterocycles. The van der Waals surface area contributed by atoms with Gasteiger partial charge in [-0.15, -0.1) is 0 Å². The van der Waals surface area contributed by atoms with Crippen LogP contribution in [0.2, 0.25) is 0 Å². The van der Waals surface area contributed by atoms with Crippen molar-refractivity contribution in [3.63, 3.8) is 0 Å². The van der Waals surface area contributed by atoms with E-state index in [0.717, 1.165) is 33.4 Å². The van der Waals surface area contributed by atoms with E-state index >= 15 is 0 Å². The number of aldehydes is 1. The number of aliphatic hydroxyl groups is 1. The number of hydrogen-bond donors (Lipinski definition) is 1. The van der Waals surface area contributed by atoms with Crippen molar-refractivity contribution in [3.05, 3.63) is 110 Å². The number of halogens is 10. The third kappa shape index (κ3) is 12.1. The maximum atomic E-state index is 12.7. The molecular formula is C25H21BF10N4O6. The zero-order valence-corrected chi connectivity index (χ0v) is 23.2. The number of non-ortho nitro benzene ring substituents is 2. The van der Waals surface area contributed by atoms with Gasteiger partial charge in [0, 0.05) is 29.8 Å². The molecule has 4 aromatic rings. The minimum atomic E-state index is -4.77. The standard InChI is InChI=1S/C10H10F3N2.C8H6F3NO3.C7H5NO3.BF3.FH/c1-14-7-5-3-4-6-8(7)15(2)9(14)10(11,12)13;9-8(10,11)7(13)5-1-3-6(4-2-5)12(14)15;9-5-6-1-3-7(4-2-6)8(10)11;2-1(3)4;/h3-6H,1-2H3;1-4,7,13H;1-5H;;1H/q+1;;;;/p-1. The molecule has 0 aliphatic rings. The highest BCUT2D eigenvalue weighted by atomic mass is 19.4. The normalized spacial score (nSPS) is 11.2. The number of para-hydroxylation sites is 2. The first-order valence-electron chi connectivity index (χ1n) is 11.8. The number of aliphatic hydroxyl groups excluding tert-OH is 1. The van der Waals surface area contributed by atoms with Crippen molar-refractivity contribution in [1.82, 2.24) is 4.57 Å². The van der Waals surface area contributed by atoms with Crippen molar-refractivity contribution in [1.29, 1.82) is 0 Å². The van der Waals surface area contributed by atoms with Crippen molar-refractivity contribution in [2.45, 2.75) is 18.5 Å². The molecule has 1 unspecified atom stereocenters. The number of carbonyl (C=O) groups is 1. The fourth-order valence-corrected chi connectivity index (χ4v) is 3.51. The van der Waals surface area contributed by atoms with Gasteiger partial charge in [0.2, 0.25) is 0 Å². The molecule has 46 heavy (non-hydrogen) atoms. The fourth-order valence-electron chi connectivity index (χ4n) is 3.51. The predicted octanol–water partition coefficient (Wildman–Crippen LogP) is 3.50. The molecule has 0 spiro atoms. The monoisotopic (exact) mass is 674 g/mol. The second kappa shape index (κ2) is 17.4. The van der Waals surface area contributed by atoms with Gasteiger partial charge in [-0.3, -0.25) is 38.0 Å². The molecule has 0 bridgehead atoms. The van der Waals surface area contributed by atoms with E-state index in [0.29, 0.717) is 22.9 Å². The summed E-state index contributed by atoms with van der Waals surface area (Å²) in [6.07, 6.45) is -11.1. The summed E-state index contributed by atoms with van der Waals surface area (Å²) in [7, 11) is -0.823. The first-order valence-corrected chi connectivity index (χ1v) is 11.8. The molecule has 0 amide bonds. The zero-order chi connectivity index (χ0) is 34.7. The van der Waals surface area contributed by atoms with E-state index in [2.05, 4.69) is 0 Å². The lowest BCUT2D eigenvalue weighted by molar-refractivity contribution is -0.667. The highest BCUT2D eigenvalue weighted by molar-refractivity contribution is 6.33. The molecule has 0 saturated heterocycles. The van der Waals surface area contributed by atoms with Crippen LogP contribution in [0.1, 0.15) is 27.8 Å². The van der Waals surface area contributed by atoms with E-state index in [1.807, 2.05) is 0 Å². The van der Waals surface area contributed by atoms with Crippen LogP contribution in [0.15, 0.2) is 72.8 Å². The Morgan fingerprint density at radius 2 is 1.26 bits per heavy atom. The predicted molar refractivity (Wildman–Crippen MR) is 141 cm³/mol. The smallest absolute Gasteiger partial charge is 0.762 e. The molecule has 0 aliphatic carbocycles. The van der Waals surface area contributed by atoms with Gasteiger partial charge in [-0.1, -0.05) is 12.1 Å².